The van der Waals surface area contributed by atoms with E-state index in [9.17, 15) is 0 Å². The Labute approximate surface area is 119 Å². The molecule has 0 aliphatic rings. The van der Waals surface area contributed by atoms with E-state index in [2.05, 4.69) is 37.4 Å². The van der Waals surface area contributed by atoms with Gasteiger partial charge in [-0.1, -0.05) is 12.1 Å². The molecule has 1 heterocycles. The molecule has 2 rings (SSSR count). The zero-order chi connectivity index (χ0) is 13.7. The molecule has 2 nitrogen and oxygen atoms in total. The van der Waals surface area contributed by atoms with Gasteiger partial charge in [-0.15, -0.1) is 11.3 Å². The molecule has 0 saturated heterocycles. The largest absolute Gasteiger partial charge is 0.494 e. The molecule has 0 bridgehead atoms. The van der Waals surface area contributed by atoms with Crippen molar-refractivity contribution in [1.29, 1.82) is 0 Å². The topological polar surface area (TPSA) is 21.3 Å². The van der Waals surface area contributed by atoms with E-state index in [4.69, 9.17) is 4.74 Å². The van der Waals surface area contributed by atoms with Crippen molar-refractivity contribution in [3.63, 3.8) is 0 Å². The molecule has 19 heavy (non-hydrogen) atoms. The smallest absolute Gasteiger partial charge is 0.119 e. The number of aryl methyl sites for hydroxylation is 2. The Hall–Kier alpha value is -1.32. The average molecular weight is 275 g/mol. The number of ether oxygens (including phenoxy) is 1. The maximum Gasteiger partial charge on any atom is 0.119 e. The van der Waals surface area contributed by atoms with Crippen molar-refractivity contribution in [2.24, 2.45) is 0 Å². The van der Waals surface area contributed by atoms with Crippen molar-refractivity contribution in [1.82, 2.24) is 5.32 Å². The second-order valence-electron chi connectivity index (χ2n) is 4.62. The van der Waals surface area contributed by atoms with Crippen LogP contribution in [0.3, 0.4) is 0 Å². The van der Waals surface area contributed by atoms with Crippen LogP contribution in [0.4, 0.5) is 0 Å². The lowest BCUT2D eigenvalue weighted by Crippen LogP contribution is -2.12. The van der Waals surface area contributed by atoms with Crippen molar-refractivity contribution < 1.29 is 4.74 Å². The molecule has 3 heteroatoms. The summed E-state index contributed by atoms with van der Waals surface area (Å²) in [5.74, 6) is 0.948. The van der Waals surface area contributed by atoms with Crippen molar-refractivity contribution in [2.45, 2.75) is 33.9 Å². The van der Waals surface area contributed by atoms with Gasteiger partial charge < -0.3 is 10.1 Å². The molecule has 1 aromatic carbocycles. The van der Waals surface area contributed by atoms with Gasteiger partial charge in [-0.2, -0.15) is 0 Å². The van der Waals surface area contributed by atoms with Crippen LogP contribution in [0.5, 0.6) is 5.75 Å². The number of hydrogen-bond donors (Lipinski definition) is 1. The molecule has 0 radical (unpaired) electrons. The van der Waals surface area contributed by atoms with Crippen LogP contribution in [0.25, 0.3) is 0 Å². The Balaban J connectivity index is 1.88. The Bertz CT molecular complexity index is 533. The molecule has 0 aliphatic carbocycles. The summed E-state index contributed by atoms with van der Waals surface area (Å²) in [5, 5.41) is 3.49. The van der Waals surface area contributed by atoms with Gasteiger partial charge >= 0.3 is 0 Å². The molecule has 0 spiro atoms. The van der Waals surface area contributed by atoms with Crippen LogP contribution in [0, 0.1) is 13.8 Å². The van der Waals surface area contributed by atoms with Gasteiger partial charge in [0.05, 0.1) is 6.61 Å². The standard InChI is InChI=1S/C16H21NOS/c1-4-18-16-7-5-6-14(9-16)10-17-11-15-8-12(2)19-13(15)3/h5-9,17H,4,10-11H2,1-3H3. The van der Waals surface area contributed by atoms with E-state index in [1.165, 1.54) is 20.9 Å². The fraction of sp³-hybridized carbons (Fsp3) is 0.375. The number of thiophene rings is 1. The van der Waals surface area contributed by atoms with Crippen LogP contribution in [-0.2, 0) is 13.1 Å². The van der Waals surface area contributed by atoms with Gasteiger partial charge in [-0.25, -0.2) is 0 Å². The first-order valence-electron chi connectivity index (χ1n) is 6.67. The molecule has 1 aromatic heterocycles. The van der Waals surface area contributed by atoms with Crippen molar-refractivity contribution in [3.8, 4) is 5.75 Å². The number of rotatable bonds is 6. The highest BCUT2D eigenvalue weighted by atomic mass is 32.1. The minimum absolute atomic E-state index is 0.713. The predicted octanol–water partition coefficient (Wildman–Crippen LogP) is 4.05. The third kappa shape index (κ3) is 4.08. The van der Waals surface area contributed by atoms with Gasteiger partial charge in [0.1, 0.15) is 5.75 Å². The summed E-state index contributed by atoms with van der Waals surface area (Å²) in [5.41, 5.74) is 2.67. The summed E-state index contributed by atoms with van der Waals surface area (Å²) >= 11 is 1.86. The monoisotopic (exact) mass is 275 g/mol. The predicted molar refractivity (Wildman–Crippen MR) is 81.9 cm³/mol. The van der Waals surface area contributed by atoms with E-state index in [-0.39, 0.29) is 0 Å². The zero-order valence-electron chi connectivity index (χ0n) is 11.8. The lowest BCUT2D eigenvalue weighted by Gasteiger charge is -2.07. The van der Waals surface area contributed by atoms with Gasteiger partial charge in [0.2, 0.25) is 0 Å². The summed E-state index contributed by atoms with van der Waals surface area (Å²) in [6.45, 7) is 8.86. The SMILES string of the molecule is CCOc1cccc(CNCc2cc(C)sc2C)c1. The second-order valence-corrected chi connectivity index (χ2v) is 6.08. The first-order valence-corrected chi connectivity index (χ1v) is 7.49. The van der Waals surface area contributed by atoms with E-state index >= 15 is 0 Å². The van der Waals surface area contributed by atoms with Crippen LogP contribution in [-0.4, -0.2) is 6.61 Å². The molecule has 0 amide bonds. The molecule has 0 saturated carbocycles. The number of nitrogens with one attached hydrogen (secondary N) is 1. The van der Waals surface area contributed by atoms with E-state index in [1.54, 1.807) is 0 Å². The Kier molecular flexibility index (Phi) is 5.00. The van der Waals surface area contributed by atoms with Crippen LogP contribution >= 0.6 is 11.3 Å². The lowest BCUT2D eigenvalue weighted by atomic mass is 10.2. The second kappa shape index (κ2) is 6.73. The fourth-order valence-corrected chi connectivity index (χ4v) is 3.06. The highest BCUT2D eigenvalue weighted by Gasteiger charge is 2.02. The molecule has 1 N–H and O–H groups in total. The molecular formula is C16H21NOS. The van der Waals surface area contributed by atoms with Gasteiger partial charge in [-0.05, 0) is 50.1 Å². The van der Waals surface area contributed by atoms with Crippen LogP contribution in [0.2, 0.25) is 0 Å². The van der Waals surface area contributed by atoms with Gasteiger partial charge in [-0.3, -0.25) is 0 Å². The van der Waals surface area contributed by atoms with Crippen molar-refractivity contribution in [2.75, 3.05) is 6.61 Å². The molecule has 0 atom stereocenters. The molecule has 0 unspecified atom stereocenters. The molecule has 0 aliphatic heterocycles. The normalized spacial score (nSPS) is 10.7. The molecule has 2 aromatic rings. The summed E-state index contributed by atoms with van der Waals surface area (Å²) < 4.78 is 5.51. The summed E-state index contributed by atoms with van der Waals surface area (Å²) in [6.07, 6.45) is 0. The molecule has 102 valence electrons. The average Bonchev–Trinajstić information content (AvgIpc) is 2.69. The Morgan fingerprint density at radius 3 is 2.68 bits per heavy atom. The first kappa shape index (κ1) is 14.1. The van der Waals surface area contributed by atoms with E-state index < -0.39 is 0 Å². The zero-order valence-corrected chi connectivity index (χ0v) is 12.6. The van der Waals surface area contributed by atoms with Gasteiger partial charge in [0, 0.05) is 22.8 Å². The van der Waals surface area contributed by atoms with Crippen LogP contribution < -0.4 is 10.1 Å². The summed E-state index contributed by atoms with van der Waals surface area (Å²) in [4.78, 5) is 2.79. The van der Waals surface area contributed by atoms with Crippen molar-refractivity contribution >= 4 is 11.3 Å². The highest BCUT2D eigenvalue weighted by Crippen LogP contribution is 2.20. The Morgan fingerprint density at radius 1 is 1.16 bits per heavy atom. The maximum atomic E-state index is 5.51. The molecule has 0 fully saturated rings. The van der Waals surface area contributed by atoms with Gasteiger partial charge in [0.15, 0.2) is 0 Å². The van der Waals surface area contributed by atoms with Crippen LogP contribution in [0.1, 0.15) is 27.8 Å². The Morgan fingerprint density at radius 2 is 2.00 bits per heavy atom. The van der Waals surface area contributed by atoms with E-state index in [1.807, 2.05) is 30.4 Å². The fourth-order valence-electron chi connectivity index (χ4n) is 2.11. The third-order valence-electron chi connectivity index (χ3n) is 3.00. The highest BCUT2D eigenvalue weighted by molar-refractivity contribution is 7.12. The quantitative estimate of drug-likeness (QED) is 0.858. The van der Waals surface area contributed by atoms with E-state index in [0.717, 1.165) is 18.8 Å². The first-order chi connectivity index (χ1) is 9.19. The maximum absolute atomic E-state index is 5.51. The van der Waals surface area contributed by atoms with E-state index in [0.29, 0.717) is 6.61 Å². The van der Waals surface area contributed by atoms with Crippen LogP contribution in [0.15, 0.2) is 30.3 Å². The van der Waals surface area contributed by atoms with Gasteiger partial charge in [0.25, 0.3) is 0 Å². The third-order valence-corrected chi connectivity index (χ3v) is 4.01. The molecular weight excluding hydrogens is 254 g/mol. The summed E-state index contributed by atoms with van der Waals surface area (Å²) in [6, 6.07) is 10.5. The number of benzene rings is 1. The minimum Gasteiger partial charge on any atom is -0.494 e. The number of hydrogen-bond acceptors (Lipinski definition) is 3. The summed E-state index contributed by atoms with van der Waals surface area (Å²) in [7, 11) is 0. The van der Waals surface area contributed by atoms with Crippen molar-refractivity contribution in [3.05, 3.63) is 51.2 Å². The lowest BCUT2D eigenvalue weighted by molar-refractivity contribution is 0.340. The minimum atomic E-state index is 0.713.